The Morgan fingerprint density at radius 1 is 1.32 bits per heavy atom. The molecule has 1 saturated heterocycles. The van der Waals surface area contributed by atoms with Crippen molar-refractivity contribution in [3.63, 3.8) is 0 Å². The molecule has 1 atom stereocenters. The van der Waals surface area contributed by atoms with Gasteiger partial charge >= 0.3 is 0 Å². The first-order chi connectivity index (χ1) is 11.5. The van der Waals surface area contributed by atoms with Crippen LogP contribution < -0.4 is 5.32 Å². The molecular formula is C19H31ClFN3O. The van der Waals surface area contributed by atoms with E-state index in [9.17, 15) is 9.18 Å². The Hall–Kier alpha value is -1.17. The van der Waals surface area contributed by atoms with E-state index in [0.717, 1.165) is 31.1 Å². The molecule has 0 spiro atoms. The number of hydrogen-bond donors (Lipinski definition) is 1. The van der Waals surface area contributed by atoms with Crippen LogP contribution in [0.25, 0.3) is 0 Å². The van der Waals surface area contributed by atoms with E-state index >= 15 is 0 Å². The molecule has 1 amide bonds. The molecule has 1 aromatic rings. The molecule has 6 heteroatoms. The van der Waals surface area contributed by atoms with Gasteiger partial charge in [0.25, 0.3) is 0 Å². The Bertz CT molecular complexity index is 518. The standard InChI is InChI=1S/C19H30FN3O.ClH/c1-15(17-4-6-18(20)7-5-17)22(3)19(24)14-23-12-9-16(10-13-23)8-11-21-2;/h4-7,15-16,21H,8-14H2,1-3H3;1H. The molecule has 1 N–H and O–H groups in total. The van der Waals surface area contributed by atoms with Crippen molar-refractivity contribution in [2.75, 3.05) is 40.3 Å². The topological polar surface area (TPSA) is 35.6 Å². The number of likely N-dealkylation sites (N-methyl/N-ethyl adjacent to an activating group) is 1. The zero-order valence-corrected chi connectivity index (χ0v) is 16.3. The normalized spacial score (nSPS) is 17.0. The molecule has 1 heterocycles. The van der Waals surface area contributed by atoms with Gasteiger partial charge in [-0.1, -0.05) is 12.1 Å². The second-order valence-electron chi connectivity index (χ2n) is 6.84. The number of nitrogens with one attached hydrogen (secondary N) is 1. The van der Waals surface area contributed by atoms with Crippen molar-refractivity contribution in [2.24, 2.45) is 5.92 Å². The Morgan fingerprint density at radius 3 is 2.48 bits per heavy atom. The smallest absolute Gasteiger partial charge is 0.236 e. The van der Waals surface area contributed by atoms with Crippen LogP contribution in [0.15, 0.2) is 24.3 Å². The minimum absolute atomic E-state index is 0. The second-order valence-corrected chi connectivity index (χ2v) is 6.84. The number of nitrogens with zero attached hydrogens (tertiary/aromatic N) is 2. The predicted molar refractivity (Wildman–Crippen MR) is 103 cm³/mol. The number of likely N-dealkylation sites (tertiary alicyclic amines) is 1. The zero-order chi connectivity index (χ0) is 17.5. The Labute approximate surface area is 157 Å². The maximum Gasteiger partial charge on any atom is 0.236 e. The SMILES string of the molecule is CNCCC1CCN(CC(=O)N(C)C(C)c2ccc(F)cc2)CC1.Cl. The van der Waals surface area contributed by atoms with Gasteiger partial charge in [0.15, 0.2) is 0 Å². The summed E-state index contributed by atoms with van der Waals surface area (Å²) in [5.41, 5.74) is 0.957. The maximum absolute atomic E-state index is 13.0. The summed E-state index contributed by atoms with van der Waals surface area (Å²) in [6, 6.07) is 6.33. The number of carbonyl (C=O) groups is 1. The van der Waals surface area contributed by atoms with Crippen molar-refractivity contribution < 1.29 is 9.18 Å². The van der Waals surface area contributed by atoms with Crippen molar-refractivity contribution in [3.8, 4) is 0 Å². The number of halogens is 2. The van der Waals surface area contributed by atoms with Crippen LogP contribution in [-0.4, -0.2) is 56.0 Å². The Morgan fingerprint density at radius 2 is 1.92 bits per heavy atom. The van der Waals surface area contributed by atoms with Gasteiger partial charge in [0, 0.05) is 7.05 Å². The molecule has 1 aliphatic heterocycles. The van der Waals surface area contributed by atoms with Gasteiger partial charge in [-0.3, -0.25) is 9.69 Å². The van der Waals surface area contributed by atoms with Gasteiger partial charge in [0.05, 0.1) is 12.6 Å². The highest BCUT2D eigenvalue weighted by Gasteiger charge is 2.23. The van der Waals surface area contributed by atoms with E-state index < -0.39 is 0 Å². The molecule has 0 bridgehead atoms. The molecule has 1 aliphatic rings. The van der Waals surface area contributed by atoms with Crippen LogP contribution >= 0.6 is 12.4 Å². The number of benzene rings is 1. The van der Waals surface area contributed by atoms with Crippen LogP contribution in [0.4, 0.5) is 4.39 Å². The first-order valence-corrected chi connectivity index (χ1v) is 8.89. The van der Waals surface area contributed by atoms with Crippen molar-refractivity contribution in [2.45, 2.75) is 32.2 Å². The van der Waals surface area contributed by atoms with E-state index in [1.165, 1.54) is 31.4 Å². The van der Waals surface area contributed by atoms with Crippen LogP contribution in [0, 0.1) is 11.7 Å². The lowest BCUT2D eigenvalue weighted by atomic mass is 9.93. The largest absolute Gasteiger partial charge is 0.338 e. The van der Waals surface area contributed by atoms with Gasteiger partial charge in [0.2, 0.25) is 5.91 Å². The minimum Gasteiger partial charge on any atom is -0.338 e. The van der Waals surface area contributed by atoms with Gasteiger partial charge in [-0.05, 0) is 76.5 Å². The molecule has 0 aromatic heterocycles. The maximum atomic E-state index is 13.0. The number of hydrogen-bond acceptors (Lipinski definition) is 3. The number of rotatable bonds is 7. The minimum atomic E-state index is -0.249. The first kappa shape index (κ1) is 21.9. The third kappa shape index (κ3) is 6.57. The molecule has 0 radical (unpaired) electrons. The summed E-state index contributed by atoms with van der Waals surface area (Å²) in [7, 11) is 3.82. The highest BCUT2D eigenvalue weighted by Crippen LogP contribution is 2.22. The van der Waals surface area contributed by atoms with E-state index in [-0.39, 0.29) is 30.2 Å². The molecule has 1 fully saturated rings. The highest BCUT2D eigenvalue weighted by molar-refractivity contribution is 5.85. The quantitative estimate of drug-likeness (QED) is 0.800. The van der Waals surface area contributed by atoms with Crippen LogP contribution in [0.2, 0.25) is 0 Å². The van der Waals surface area contributed by atoms with Gasteiger partial charge in [0.1, 0.15) is 5.82 Å². The predicted octanol–water partition coefficient (Wildman–Crippen LogP) is 3.09. The van der Waals surface area contributed by atoms with E-state index in [1.54, 1.807) is 17.0 Å². The van der Waals surface area contributed by atoms with E-state index in [2.05, 4.69) is 10.2 Å². The van der Waals surface area contributed by atoms with Crippen molar-refractivity contribution in [1.29, 1.82) is 0 Å². The van der Waals surface area contributed by atoms with Crippen LogP contribution in [0.1, 0.15) is 37.8 Å². The lowest BCUT2D eigenvalue weighted by Gasteiger charge is -2.33. The summed E-state index contributed by atoms with van der Waals surface area (Å²) in [6.45, 7) is 5.52. The summed E-state index contributed by atoms with van der Waals surface area (Å²) in [5, 5.41) is 3.21. The summed E-state index contributed by atoms with van der Waals surface area (Å²) >= 11 is 0. The Kier molecular flexibility index (Phi) is 9.39. The third-order valence-electron chi connectivity index (χ3n) is 5.20. The molecule has 1 unspecified atom stereocenters. The number of carbonyl (C=O) groups excluding carboxylic acids is 1. The van der Waals surface area contributed by atoms with E-state index in [1.807, 2.05) is 21.0 Å². The van der Waals surface area contributed by atoms with Crippen LogP contribution in [-0.2, 0) is 4.79 Å². The fraction of sp³-hybridized carbons (Fsp3) is 0.632. The van der Waals surface area contributed by atoms with Gasteiger partial charge in [-0.2, -0.15) is 0 Å². The van der Waals surface area contributed by atoms with E-state index in [4.69, 9.17) is 0 Å². The molecule has 0 saturated carbocycles. The molecule has 0 aliphatic carbocycles. The summed E-state index contributed by atoms with van der Waals surface area (Å²) in [4.78, 5) is 16.6. The van der Waals surface area contributed by atoms with E-state index in [0.29, 0.717) is 6.54 Å². The molecule has 2 rings (SSSR count). The summed E-state index contributed by atoms with van der Waals surface area (Å²) in [6.07, 6.45) is 3.57. The van der Waals surface area contributed by atoms with Gasteiger partial charge in [-0.25, -0.2) is 4.39 Å². The lowest BCUT2D eigenvalue weighted by Crippen LogP contribution is -2.43. The van der Waals surface area contributed by atoms with Crippen molar-refractivity contribution in [3.05, 3.63) is 35.6 Å². The highest BCUT2D eigenvalue weighted by atomic mass is 35.5. The molecular weight excluding hydrogens is 341 g/mol. The van der Waals surface area contributed by atoms with Crippen molar-refractivity contribution >= 4 is 18.3 Å². The fourth-order valence-corrected chi connectivity index (χ4v) is 3.27. The average molecular weight is 372 g/mol. The van der Waals surface area contributed by atoms with Crippen LogP contribution in [0.5, 0.6) is 0 Å². The monoisotopic (exact) mass is 371 g/mol. The number of amides is 1. The van der Waals surface area contributed by atoms with Gasteiger partial charge in [-0.15, -0.1) is 12.4 Å². The zero-order valence-electron chi connectivity index (χ0n) is 15.5. The molecule has 1 aromatic carbocycles. The van der Waals surface area contributed by atoms with Crippen LogP contribution in [0.3, 0.4) is 0 Å². The fourth-order valence-electron chi connectivity index (χ4n) is 3.27. The first-order valence-electron chi connectivity index (χ1n) is 8.89. The average Bonchev–Trinajstić information content (AvgIpc) is 2.60. The lowest BCUT2D eigenvalue weighted by molar-refractivity contribution is -0.133. The molecule has 142 valence electrons. The van der Waals surface area contributed by atoms with Gasteiger partial charge < -0.3 is 10.2 Å². The third-order valence-corrected chi connectivity index (χ3v) is 5.20. The van der Waals surface area contributed by atoms with Crippen molar-refractivity contribution in [1.82, 2.24) is 15.1 Å². The molecule has 25 heavy (non-hydrogen) atoms. The molecule has 4 nitrogen and oxygen atoms in total. The number of piperidine rings is 1. The second kappa shape index (κ2) is 10.7. The summed E-state index contributed by atoms with van der Waals surface area (Å²) < 4.78 is 13.0. The Balaban J connectivity index is 0.00000312. The summed E-state index contributed by atoms with van der Waals surface area (Å²) in [5.74, 6) is 0.654.